The fraction of sp³-hybridized carbons (Fsp3) is 0.308. The van der Waals surface area contributed by atoms with Crippen molar-refractivity contribution in [3.05, 3.63) is 136 Å². The van der Waals surface area contributed by atoms with Crippen molar-refractivity contribution in [2.24, 2.45) is 0 Å². The number of hydrogen-bond acceptors (Lipinski definition) is 2. The van der Waals surface area contributed by atoms with Gasteiger partial charge in [-0.05, 0) is 80.5 Å². The van der Waals surface area contributed by atoms with Gasteiger partial charge >= 0.3 is 0 Å². The number of nitrogens with zero attached hydrogens (tertiary/aromatic N) is 2. The zero-order valence-electron chi connectivity index (χ0n) is 25.9. The molecule has 0 unspecified atom stereocenters. The van der Waals surface area contributed by atoms with E-state index in [1.807, 2.05) is 11.8 Å². The average Bonchev–Trinajstić information content (AvgIpc) is 3.19. The van der Waals surface area contributed by atoms with E-state index in [2.05, 4.69) is 154 Å². The zero-order chi connectivity index (χ0) is 29.5. The predicted octanol–water partition coefficient (Wildman–Crippen LogP) is 10.1. The van der Waals surface area contributed by atoms with Crippen LogP contribution < -0.4 is 4.90 Å². The molecule has 0 atom stereocenters. The Morgan fingerprint density at radius 3 is 2.14 bits per heavy atom. The van der Waals surface area contributed by atoms with Crippen LogP contribution in [0.1, 0.15) is 64.5 Å². The molecule has 3 aromatic rings. The molecular formula is C39H43N2S+. The molecule has 0 aromatic heterocycles. The first kappa shape index (κ1) is 28.6. The molecule has 3 aliphatic rings. The van der Waals surface area contributed by atoms with Crippen molar-refractivity contribution in [2.45, 2.75) is 69.1 Å². The van der Waals surface area contributed by atoms with Crippen molar-refractivity contribution in [3.8, 4) is 0 Å². The van der Waals surface area contributed by atoms with Crippen LogP contribution in [-0.2, 0) is 10.8 Å². The summed E-state index contributed by atoms with van der Waals surface area (Å²) < 4.78 is 2.38. The lowest BCUT2D eigenvalue weighted by Crippen LogP contribution is -2.26. The molecule has 0 radical (unpaired) electrons. The van der Waals surface area contributed by atoms with Crippen molar-refractivity contribution in [1.29, 1.82) is 0 Å². The summed E-state index contributed by atoms with van der Waals surface area (Å²) in [4.78, 5) is 5.09. The minimum Gasteiger partial charge on any atom is -0.347 e. The van der Waals surface area contributed by atoms with Gasteiger partial charge in [0.2, 0.25) is 5.69 Å². The molecule has 0 bridgehead atoms. The smallest absolute Gasteiger partial charge is 0.209 e. The molecule has 0 saturated carbocycles. The van der Waals surface area contributed by atoms with Gasteiger partial charge in [-0.3, -0.25) is 0 Å². The number of para-hydroxylation sites is 2. The molecule has 1 aliphatic carbocycles. The van der Waals surface area contributed by atoms with Gasteiger partial charge in [0, 0.05) is 51.4 Å². The minimum atomic E-state index is -0.0311. The summed E-state index contributed by atoms with van der Waals surface area (Å²) >= 11 is 1.93. The van der Waals surface area contributed by atoms with Crippen LogP contribution in [0.5, 0.6) is 0 Å². The van der Waals surface area contributed by atoms with Gasteiger partial charge < -0.3 is 4.90 Å². The SMILES string of the molecule is CN1/C(=C/C=C2\CCCCC(/C=C/C3=[N+](C)c4ccccc4C3(C)C)=C2Sc2ccccc2)C(C)(C)c2ccccc21. The number of benzene rings is 3. The zero-order valence-corrected chi connectivity index (χ0v) is 26.8. The fourth-order valence-corrected chi connectivity index (χ4v) is 8.21. The fourth-order valence-electron chi connectivity index (χ4n) is 7.08. The average molecular weight is 572 g/mol. The number of anilines is 1. The molecule has 0 fully saturated rings. The molecule has 3 heteroatoms. The molecule has 0 spiro atoms. The summed E-state index contributed by atoms with van der Waals surface area (Å²) in [7, 11) is 4.42. The third-order valence-corrected chi connectivity index (χ3v) is 10.7. The van der Waals surface area contributed by atoms with E-state index in [4.69, 9.17) is 0 Å². The van der Waals surface area contributed by atoms with Crippen LogP contribution in [-0.4, -0.2) is 24.4 Å². The van der Waals surface area contributed by atoms with Crippen LogP contribution in [0, 0.1) is 0 Å². The summed E-state index contributed by atoms with van der Waals surface area (Å²) in [6, 6.07) is 28.6. The van der Waals surface area contributed by atoms with Crippen LogP contribution in [0.3, 0.4) is 0 Å². The second kappa shape index (κ2) is 11.3. The summed E-state index contributed by atoms with van der Waals surface area (Å²) in [5.74, 6) is 0. The lowest BCUT2D eigenvalue weighted by Gasteiger charge is -2.24. The Hall–Kier alpha value is -3.56. The van der Waals surface area contributed by atoms with E-state index in [1.165, 1.54) is 67.7 Å². The highest BCUT2D eigenvalue weighted by Gasteiger charge is 2.42. The second-order valence-corrected chi connectivity index (χ2v) is 13.9. The van der Waals surface area contributed by atoms with Gasteiger partial charge in [0.1, 0.15) is 7.05 Å². The summed E-state index contributed by atoms with van der Waals surface area (Å²) in [5, 5.41) is 0. The number of rotatable bonds is 5. The second-order valence-electron chi connectivity index (χ2n) is 12.8. The molecule has 214 valence electrons. The van der Waals surface area contributed by atoms with Crippen molar-refractivity contribution < 1.29 is 4.58 Å². The summed E-state index contributed by atoms with van der Waals surface area (Å²) in [6.45, 7) is 9.41. The van der Waals surface area contributed by atoms with Crippen molar-refractivity contribution in [3.63, 3.8) is 0 Å². The number of hydrogen-bond donors (Lipinski definition) is 0. The van der Waals surface area contributed by atoms with Gasteiger partial charge in [-0.15, -0.1) is 0 Å². The molecule has 42 heavy (non-hydrogen) atoms. The van der Waals surface area contributed by atoms with E-state index < -0.39 is 0 Å². The van der Waals surface area contributed by atoms with Gasteiger partial charge in [-0.2, -0.15) is 4.58 Å². The summed E-state index contributed by atoms with van der Waals surface area (Å²) in [5.41, 5.74) is 11.0. The highest BCUT2D eigenvalue weighted by atomic mass is 32.2. The van der Waals surface area contributed by atoms with Gasteiger partial charge in [0.05, 0.1) is 5.41 Å². The van der Waals surface area contributed by atoms with Gasteiger partial charge in [0.15, 0.2) is 5.71 Å². The van der Waals surface area contributed by atoms with Crippen LogP contribution >= 0.6 is 11.8 Å². The maximum atomic E-state index is 2.43. The monoisotopic (exact) mass is 571 g/mol. The van der Waals surface area contributed by atoms with Crippen molar-refractivity contribution in [1.82, 2.24) is 0 Å². The van der Waals surface area contributed by atoms with Crippen LogP contribution in [0.15, 0.2) is 130 Å². The molecule has 2 aliphatic heterocycles. The molecule has 0 N–H and O–H groups in total. The third kappa shape index (κ3) is 5.02. The normalized spacial score (nSPS) is 21.4. The van der Waals surface area contributed by atoms with Gasteiger partial charge in [0.25, 0.3) is 0 Å². The molecule has 2 heterocycles. The Morgan fingerprint density at radius 2 is 1.40 bits per heavy atom. The van der Waals surface area contributed by atoms with E-state index in [1.54, 1.807) is 0 Å². The Labute approximate surface area is 256 Å². The predicted molar refractivity (Wildman–Crippen MR) is 181 cm³/mol. The number of likely N-dealkylation sites (N-methyl/N-ethyl adjacent to an activating group) is 1. The lowest BCUT2D eigenvalue weighted by molar-refractivity contribution is -0.401. The van der Waals surface area contributed by atoms with E-state index in [-0.39, 0.29) is 10.8 Å². The summed E-state index contributed by atoms with van der Waals surface area (Å²) in [6.07, 6.45) is 14.3. The van der Waals surface area contributed by atoms with Gasteiger partial charge in [-0.25, -0.2) is 0 Å². The molecule has 6 rings (SSSR count). The first-order valence-electron chi connectivity index (χ1n) is 15.3. The topological polar surface area (TPSA) is 6.25 Å². The van der Waals surface area contributed by atoms with Gasteiger partial charge in [-0.1, -0.05) is 92.4 Å². The van der Waals surface area contributed by atoms with E-state index in [9.17, 15) is 0 Å². The van der Waals surface area contributed by atoms with Crippen LogP contribution in [0.2, 0.25) is 0 Å². The first-order chi connectivity index (χ1) is 20.2. The van der Waals surface area contributed by atoms with E-state index >= 15 is 0 Å². The number of thioether (sulfide) groups is 1. The van der Waals surface area contributed by atoms with Crippen molar-refractivity contribution >= 4 is 28.8 Å². The Kier molecular flexibility index (Phi) is 7.66. The maximum absolute atomic E-state index is 2.43. The molecule has 2 nitrogen and oxygen atoms in total. The third-order valence-electron chi connectivity index (χ3n) is 9.45. The Balaban J connectivity index is 1.43. The molecular weight excluding hydrogens is 529 g/mol. The van der Waals surface area contributed by atoms with E-state index in [0.717, 1.165) is 12.8 Å². The highest BCUT2D eigenvalue weighted by molar-refractivity contribution is 8.03. The largest absolute Gasteiger partial charge is 0.347 e. The lowest BCUT2D eigenvalue weighted by atomic mass is 9.81. The molecule has 0 saturated heterocycles. The van der Waals surface area contributed by atoms with Crippen LogP contribution in [0.25, 0.3) is 0 Å². The minimum absolute atomic E-state index is 0.0311. The number of fused-ring (bicyclic) bond motifs is 2. The molecule has 0 amide bonds. The van der Waals surface area contributed by atoms with E-state index in [0.29, 0.717) is 0 Å². The first-order valence-corrected chi connectivity index (χ1v) is 16.1. The molecule has 3 aromatic carbocycles. The highest BCUT2D eigenvalue weighted by Crippen LogP contribution is 2.47. The maximum Gasteiger partial charge on any atom is 0.209 e. The number of allylic oxidation sites excluding steroid dienone is 7. The van der Waals surface area contributed by atoms with Crippen LogP contribution in [0.4, 0.5) is 11.4 Å². The Morgan fingerprint density at radius 1 is 0.738 bits per heavy atom. The van der Waals surface area contributed by atoms with Crippen molar-refractivity contribution in [2.75, 3.05) is 19.0 Å². The standard InChI is InChI=1S/C39H43N2S/c1-38(2)31-20-12-14-22-33(31)40(5)35(38)26-24-28-16-10-11-17-29(37(28)42-30-18-8-7-9-19-30)25-27-36-39(3,4)32-21-13-15-23-34(32)41(36)6/h7-9,12-15,18-27H,10-11,16-17H2,1-6H3/q+1. The quantitative estimate of drug-likeness (QED) is 0.281. The Bertz CT molecular complexity index is 1660.